The predicted octanol–water partition coefficient (Wildman–Crippen LogP) is -2.87. The Morgan fingerprint density at radius 3 is 2.05 bits per heavy atom. The van der Waals surface area contributed by atoms with E-state index in [0.29, 0.717) is 0 Å². The maximum absolute atomic E-state index is 12.7. The molecule has 0 aliphatic rings. The van der Waals surface area contributed by atoms with Crippen molar-refractivity contribution < 1.29 is 39.0 Å². The quantitative estimate of drug-likeness (QED) is 0.108. The van der Waals surface area contributed by atoms with Crippen LogP contribution in [-0.4, -0.2) is 83.0 Å². The number of primary amides is 1. The molecule has 38 heavy (non-hydrogen) atoms. The third kappa shape index (κ3) is 11.3. The maximum Gasteiger partial charge on any atom is 0.326 e. The minimum Gasteiger partial charge on any atom is -0.480 e. The number of carbonyl (C=O) groups is 6. The SMILES string of the molecule is CC(C)[C@H](NC(=O)[C@H](CO)NC(=O)CNC(=O)[C@@H](N)Cc1ccccc1)C(=O)N[C@@H](CCC(N)=O)C(=O)O. The average molecular weight is 537 g/mol. The van der Waals surface area contributed by atoms with Crippen LogP contribution in [0.15, 0.2) is 30.3 Å². The Balaban J connectivity index is 2.67. The van der Waals surface area contributed by atoms with Gasteiger partial charge in [-0.25, -0.2) is 4.79 Å². The van der Waals surface area contributed by atoms with Gasteiger partial charge in [0, 0.05) is 6.42 Å². The van der Waals surface area contributed by atoms with Crippen molar-refractivity contribution in [2.24, 2.45) is 17.4 Å². The van der Waals surface area contributed by atoms with Gasteiger partial charge in [-0.15, -0.1) is 0 Å². The fourth-order valence-electron chi connectivity index (χ4n) is 3.29. The van der Waals surface area contributed by atoms with Crippen molar-refractivity contribution in [3.05, 3.63) is 35.9 Å². The highest BCUT2D eigenvalue weighted by Crippen LogP contribution is 2.06. The maximum atomic E-state index is 12.7. The summed E-state index contributed by atoms with van der Waals surface area (Å²) >= 11 is 0. The molecule has 10 N–H and O–H groups in total. The van der Waals surface area contributed by atoms with Crippen LogP contribution in [0.25, 0.3) is 0 Å². The number of nitrogens with two attached hydrogens (primary N) is 2. The monoisotopic (exact) mass is 536 g/mol. The van der Waals surface area contributed by atoms with Gasteiger partial charge in [-0.1, -0.05) is 44.2 Å². The lowest BCUT2D eigenvalue weighted by Gasteiger charge is -2.26. The molecule has 210 valence electrons. The molecule has 0 radical (unpaired) electrons. The number of carboxylic acids is 1. The Morgan fingerprint density at radius 2 is 1.53 bits per heavy atom. The zero-order valence-corrected chi connectivity index (χ0v) is 21.3. The van der Waals surface area contributed by atoms with Gasteiger partial charge in [0.1, 0.15) is 18.1 Å². The Labute approximate surface area is 219 Å². The third-order valence-electron chi connectivity index (χ3n) is 5.43. The van der Waals surface area contributed by atoms with Gasteiger partial charge in [0.25, 0.3) is 0 Å². The Kier molecular flexibility index (Phi) is 13.4. The molecule has 0 aliphatic heterocycles. The Hall–Kier alpha value is -4.04. The van der Waals surface area contributed by atoms with Gasteiger partial charge in [-0.2, -0.15) is 0 Å². The highest BCUT2D eigenvalue weighted by Gasteiger charge is 2.31. The number of aliphatic hydroxyl groups excluding tert-OH is 1. The highest BCUT2D eigenvalue weighted by atomic mass is 16.4. The molecule has 1 rings (SSSR count). The molecule has 0 bridgehead atoms. The summed E-state index contributed by atoms with van der Waals surface area (Å²) in [7, 11) is 0. The summed E-state index contributed by atoms with van der Waals surface area (Å²) in [6.45, 7) is 1.84. The molecule has 0 heterocycles. The summed E-state index contributed by atoms with van der Waals surface area (Å²) in [4.78, 5) is 72.2. The summed E-state index contributed by atoms with van der Waals surface area (Å²) in [6.07, 6.45) is -0.270. The summed E-state index contributed by atoms with van der Waals surface area (Å²) < 4.78 is 0. The molecule has 0 saturated carbocycles. The number of carbonyl (C=O) groups excluding carboxylic acids is 5. The Morgan fingerprint density at radius 1 is 0.895 bits per heavy atom. The van der Waals surface area contributed by atoms with Crippen molar-refractivity contribution in [2.45, 2.75) is 57.3 Å². The van der Waals surface area contributed by atoms with Crippen molar-refractivity contribution >= 4 is 35.5 Å². The van der Waals surface area contributed by atoms with Gasteiger partial charge >= 0.3 is 5.97 Å². The lowest BCUT2D eigenvalue weighted by atomic mass is 10.0. The third-order valence-corrected chi connectivity index (χ3v) is 5.43. The predicted molar refractivity (Wildman–Crippen MR) is 135 cm³/mol. The molecule has 4 atom stereocenters. The zero-order valence-electron chi connectivity index (χ0n) is 21.3. The largest absolute Gasteiger partial charge is 0.480 e. The lowest BCUT2D eigenvalue weighted by Crippen LogP contribution is -2.58. The van der Waals surface area contributed by atoms with Crippen LogP contribution in [0.3, 0.4) is 0 Å². The first-order chi connectivity index (χ1) is 17.8. The van der Waals surface area contributed by atoms with Gasteiger partial charge in [0.15, 0.2) is 0 Å². The van der Waals surface area contributed by atoms with Gasteiger partial charge < -0.3 is 42.9 Å². The normalized spacial score (nSPS) is 13.9. The van der Waals surface area contributed by atoms with E-state index in [0.717, 1.165) is 5.56 Å². The summed E-state index contributed by atoms with van der Waals surface area (Å²) in [5.74, 6) is -5.77. The number of carboxylic acid groups (broad SMARTS) is 1. The molecule has 5 amide bonds. The van der Waals surface area contributed by atoms with Crippen LogP contribution in [0.1, 0.15) is 32.3 Å². The van der Waals surface area contributed by atoms with Gasteiger partial charge in [-0.05, 0) is 24.3 Å². The number of rotatable bonds is 16. The molecular formula is C24H36N6O8. The van der Waals surface area contributed by atoms with Crippen molar-refractivity contribution in [3.63, 3.8) is 0 Å². The zero-order chi connectivity index (χ0) is 28.8. The minimum atomic E-state index is -1.46. The van der Waals surface area contributed by atoms with E-state index in [1.54, 1.807) is 38.1 Å². The summed E-state index contributed by atoms with van der Waals surface area (Å²) in [6, 6.07) is 4.02. The minimum absolute atomic E-state index is 0.245. The molecule has 0 fully saturated rings. The van der Waals surface area contributed by atoms with E-state index in [2.05, 4.69) is 21.3 Å². The molecule has 0 unspecified atom stereocenters. The van der Waals surface area contributed by atoms with Crippen molar-refractivity contribution in [1.29, 1.82) is 0 Å². The molecule has 14 nitrogen and oxygen atoms in total. The van der Waals surface area contributed by atoms with Crippen LogP contribution in [0.2, 0.25) is 0 Å². The number of hydrogen-bond acceptors (Lipinski definition) is 8. The van der Waals surface area contributed by atoms with Crippen LogP contribution in [0, 0.1) is 5.92 Å². The van der Waals surface area contributed by atoms with E-state index >= 15 is 0 Å². The van der Waals surface area contributed by atoms with E-state index < -0.39 is 78.7 Å². The highest BCUT2D eigenvalue weighted by molar-refractivity contribution is 5.94. The van der Waals surface area contributed by atoms with Crippen LogP contribution in [-0.2, 0) is 35.2 Å². The van der Waals surface area contributed by atoms with Gasteiger partial charge in [0.05, 0.1) is 19.2 Å². The van der Waals surface area contributed by atoms with Crippen LogP contribution < -0.4 is 32.7 Å². The smallest absolute Gasteiger partial charge is 0.326 e. The van der Waals surface area contributed by atoms with E-state index in [1.165, 1.54) is 0 Å². The number of aliphatic hydroxyl groups is 1. The number of aliphatic carboxylic acids is 1. The molecule has 0 aliphatic carbocycles. The number of hydrogen-bond donors (Lipinski definition) is 8. The second-order valence-corrected chi connectivity index (χ2v) is 8.95. The fraction of sp³-hybridized carbons (Fsp3) is 0.500. The van der Waals surface area contributed by atoms with Crippen molar-refractivity contribution in [3.8, 4) is 0 Å². The molecule has 1 aromatic rings. The second-order valence-electron chi connectivity index (χ2n) is 8.95. The first-order valence-corrected chi connectivity index (χ1v) is 11.9. The molecule has 0 spiro atoms. The van der Waals surface area contributed by atoms with Crippen LogP contribution >= 0.6 is 0 Å². The second kappa shape index (κ2) is 15.9. The van der Waals surface area contributed by atoms with E-state index in [4.69, 9.17) is 11.5 Å². The molecule has 0 aromatic heterocycles. The van der Waals surface area contributed by atoms with Crippen molar-refractivity contribution in [2.75, 3.05) is 13.2 Å². The van der Waals surface area contributed by atoms with Gasteiger partial charge in [-0.3, -0.25) is 24.0 Å². The first-order valence-electron chi connectivity index (χ1n) is 11.9. The summed E-state index contributed by atoms with van der Waals surface area (Å²) in [5.41, 5.74) is 11.7. The Bertz CT molecular complexity index is 987. The van der Waals surface area contributed by atoms with Crippen molar-refractivity contribution in [1.82, 2.24) is 21.3 Å². The van der Waals surface area contributed by atoms with Gasteiger partial charge in [0.2, 0.25) is 29.5 Å². The molecular weight excluding hydrogens is 500 g/mol. The fourth-order valence-corrected chi connectivity index (χ4v) is 3.29. The van der Waals surface area contributed by atoms with Crippen LogP contribution in [0.5, 0.6) is 0 Å². The van der Waals surface area contributed by atoms with E-state index in [9.17, 15) is 39.0 Å². The van der Waals surface area contributed by atoms with E-state index in [1.807, 2.05) is 6.07 Å². The summed E-state index contributed by atoms with van der Waals surface area (Å²) in [5, 5.41) is 28.1. The molecule has 1 aromatic carbocycles. The average Bonchev–Trinajstić information content (AvgIpc) is 2.86. The number of amides is 5. The first kappa shape index (κ1) is 32.0. The lowest BCUT2D eigenvalue weighted by molar-refractivity contribution is -0.143. The molecule has 0 saturated heterocycles. The standard InChI is InChI=1S/C24H36N6O8/c1-13(2)20(23(36)29-16(24(37)38)8-9-18(26)32)30-22(35)17(12-31)28-19(33)11-27-21(34)15(25)10-14-6-4-3-5-7-14/h3-7,13,15-17,20,31H,8-12,25H2,1-2H3,(H2,26,32)(H,27,34)(H,28,33)(H,29,36)(H,30,35)(H,37,38)/t15-,16-,17-,20-/m0/s1. The topological polar surface area (TPSA) is 243 Å². The number of nitrogens with one attached hydrogen (secondary N) is 4. The van der Waals surface area contributed by atoms with Crippen LogP contribution in [0.4, 0.5) is 0 Å². The molecule has 14 heteroatoms. The number of benzene rings is 1. The van der Waals surface area contributed by atoms with E-state index in [-0.39, 0.29) is 19.3 Å².